The van der Waals surface area contributed by atoms with Crippen molar-refractivity contribution in [2.75, 3.05) is 13.7 Å². The average molecular weight is 227 g/mol. The van der Waals surface area contributed by atoms with Crippen molar-refractivity contribution in [2.45, 2.75) is 72.1 Å². The van der Waals surface area contributed by atoms with Gasteiger partial charge in [-0.1, -0.05) is 27.7 Å². The fourth-order valence-electron chi connectivity index (χ4n) is 2.76. The van der Waals surface area contributed by atoms with Crippen LogP contribution in [0.25, 0.3) is 0 Å². The minimum atomic E-state index is 0.372. The summed E-state index contributed by atoms with van der Waals surface area (Å²) in [5.41, 5.74) is 0.372. The first-order valence-electron chi connectivity index (χ1n) is 6.75. The minimum absolute atomic E-state index is 0.372. The van der Waals surface area contributed by atoms with Crippen LogP contribution in [0.3, 0.4) is 0 Å². The van der Waals surface area contributed by atoms with E-state index in [0.29, 0.717) is 23.6 Å². The van der Waals surface area contributed by atoms with Gasteiger partial charge in [0.25, 0.3) is 0 Å². The maximum absolute atomic E-state index is 5.95. The van der Waals surface area contributed by atoms with E-state index in [1.54, 1.807) is 0 Å². The van der Waals surface area contributed by atoms with Crippen molar-refractivity contribution in [3.8, 4) is 0 Å². The van der Waals surface area contributed by atoms with Crippen LogP contribution >= 0.6 is 0 Å². The lowest BCUT2D eigenvalue weighted by molar-refractivity contribution is -0.101. The number of rotatable bonds is 4. The summed E-state index contributed by atoms with van der Waals surface area (Å²) in [4.78, 5) is 2.51. The third kappa shape index (κ3) is 2.98. The quantitative estimate of drug-likeness (QED) is 0.730. The minimum Gasteiger partial charge on any atom is -0.377 e. The standard InChI is InChI=1S/C14H29NO/c1-7-11(3)15(6)13-10-16-12(8-2)9-14(13,4)5/h11-13H,7-10H2,1-6H3. The molecule has 1 aliphatic rings. The summed E-state index contributed by atoms with van der Waals surface area (Å²) in [6.07, 6.45) is 4.01. The Balaban J connectivity index is 2.67. The summed E-state index contributed by atoms with van der Waals surface area (Å²) in [7, 11) is 2.25. The molecule has 1 rings (SSSR count). The highest BCUT2D eigenvalue weighted by Gasteiger charge is 2.39. The van der Waals surface area contributed by atoms with Gasteiger partial charge in [0.2, 0.25) is 0 Å². The Morgan fingerprint density at radius 2 is 2.00 bits per heavy atom. The van der Waals surface area contributed by atoms with Gasteiger partial charge >= 0.3 is 0 Å². The molecule has 0 amide bonds. The highest BCUT2D eigenvalue weighted by Crippen LogP contribution is 2.37. The molecular weight excluding hydrogens is 198 g/mol. The van der Waals surface area contributed by atoms with Gasteiger partial charge in [-0.15, -0.1) is 0 Å². The summed E-state index contributed by atoms with van der Waals surface area (Å²) < 4.78 is 5.95. The Morgan fingerprint density at radius 1 is 1.38 bits per heavy atom. The molecule has 3 unspecified atom stereocenters. The van der Waals surface area contributed by atoms with E-state index >= 15 is 0 Å². The highest BCUT2D eigenvalue weighted by atomic mass is 16.5. The summed E-state index contributed by atoms with van der Waals surface area (Å²) >= 11 is 0. The average Bonchev–Trinajstić information content (AvgIpc) is 2.25. The van der Waals surface area contributed by atoms with Crippen molar-refractivity contribution in [3.63, 3.8) is 0 Å². The molecule has 1 saturated heterocycles. The number of nitrogens with zero attached hydrogens (tertiary/aromatic N) is 1. The largest absolute Gasteiger partial charge is 0.377 e. The van der Waals surface area contributed by atoms with Crippen LogP contribution in [0.15, 0.2) is 0 Å². The van der Waals surface area contributed by atoms with Crippen LogP contribution in [0.4, 0.5) is 0 Å². The van der Waals surface area contributed by atoms with Crippen molar-refractivity contribution in [2.24, 2.45) is 5.41 Å². The van der Waals surface area contributed by atoms with Crippen molar-refractivity contribution < 1.29 is 4.74 Å². The zero-order valence-electron chi connectivity index (χ0n) is 11.9. The Labute approximate surface area is 101 Å². The molecule has 2 nitrogen and oxygen atoms in total. The van der Waals surface area contributed by atoms with Gasteiger partial charge in [-0.05, 0) is 38.6 Å². The number of ether oxygens (including phenoxy) is 1. The second-order valence-electron chi connectivity index (χ2n) is 5.99. The van der Waals surface area contributed by atoms with E-state index in [1.165, 1.54) is 12.8 Å². The Hall–Kier alpha value is -0.0800. The lowest BCUT2D eigenvalue weighted by Gasteiger charge is -2.48. The van der Waals surface area contributed by atoms with E-state index < -0.39 is 0 Å². The summed E-state index contributed by atoms with van der Waals surface area (Å²) in [6, 6.07) is 1.20. The van der Waals surface area contributed by atoms with Gasteiger partial charge in [0.15, 0.2) is 0 Å². The third-order valence-electron chi connectivity index (χ3n) is 4.38. The molecular formula is C14H29NO. The number of likely N-dealkylation sites (N-methyl/N-ethyl adjacent to an activating group) is 1. The summed E-state index contributed by atoms with van der Waals surface area (Å²) in [6.45, 7) is 12.5. The maximum atomic E-state index is 5.95. The molecule has 1 heterocycles. The molecule has 1 aliphatic heterocycles. The molecule has 0 bridgehead atoms. The van der Waals surface area contributed by atoms with E-state index in [2.05, 4.69) is 46.6 Å². The smallest absolute Gasteiger partial charge is 0.0630 e. The van der Waals surface area contributed by atoms with Crippen molar-refractivity contribution in [1.82, 2.24) is 4.90 Å². The number of hydrogen-bond acceptors (Lipinski definition) is 2. The second-order valence-corrected chi connectivity index (χ2v) is 5.99. The second kappa shape index (κ2) is 5.50. The van der Waals surface area contributed by atoms with Crippen LogP contribution in [0, 0.1) is 5.41 Å². The van der Waals surface area contributed by atoms with Gasteiger partial charge < -0.3 is 4.74 Å². The monoisotopic (exact) mass is 227 g/mol. The van der Waals surface area contributed by atoms with Crippen LogP contribution in [0.5, 0.6) is 0 Å². The fourth-order valence-corrected chi connectivity index (χ4v) is 2.76. The predicted molar refractivity (Wildman–Crippen MR) is 69.7 cm³/mol. The maximum Gasteiger partial charge on any atom is 0.0630 e. The molecule has 16 heavy (non-hydrogen) atoms. The Kier molecular flexibility index (Phi) is 4.81. The van der Waals surface area contributed by atoms with E-state index in [0.717, 1.165) is 13.0 Å². The SMILES string of the molecule is CCC1CC(C)(C)C(N(C)C(C)CC)CO1. The molecule has 0 N–H and O–H groups in total. The fraction of sp³-hybridized carbons (Fsp3) is 1.00. The first-order valence-corrected chi connectivity index (χ1v) is 6.75. The summed E-state index contributed by atoms with van der Waals surface area (Å²) in [5.74, 6) is 0. The molecule has 0 aromatic carbocycles. The zero-order valence-corrected chi connectivity index (χ0v) is 11.9. The van der Waals surface area contributed by atoms with Gasteiger partial charge in [-0.2, -0.15) is 0 Å². The topological polar surface area (TPSA) is 12.5 Å². The van der Waals surface area contributed by atoms with Crippen LogP contribution in [0.1, 0.15) is 53.9 Å². The van der Waals surface area contributed by atoms with Gasteiger partial charge in [0.1, 0.15) is 0 Å². The van der Waals surface area contributed by atoms with Gasteiger partial charge in [0.05, 0.1) is 12.7 Å². The molecule has 0 aliphatic carbocycles. The third-order valence-corrected chi connectivity index (χ3v) is 4.38. The first kappa shape index (κ1) is 14.0. The van der Waals surface area contributed by atoms with Gasteiger partial charge in [-0.25, -0.2) is 0 Å². The molecule has 3 atom stereocenters. The first-order chi connectivity index (χ1) is 7.42. The van der Waals surface area contributed by atoms with Crippen LogP contribution in [0.2, 0.25) is 0 Å². The highest BCUT2D eigenvalue weighted by molar-refractivity contribution is 4.92. The Bertz CT molecular complexity index is 215. The van der Waals surface area contributed by atoms with Crippen molar-refractivity contribution in [1.29, 1.82) is 0 Å². The molecule has 0 spiro atoms. The van der Waals surface area contributed by atoms with E-state index in [4.69, 9.17) is 4.74 Å². The lowest BCUT2D eigenvalue weighted by Crippen LogP contribution is -2.54. The van der Waals surface area contributed by atoms with Crippen LogP contribution in [-0.2, 0) is 4.74 Å². The van der Waals surface area contributed by atoms with Crippen molar-refractivity contribution in [3.05, 3.63) is 0 Å². The van der Waals surface area contributed by atoms with Gasteiger partial charge in [0, 0.05) is 12.1 Å². The summed E-state index contributed by atoms with van der Waals surface area (Å²) in [5, 5.41) is 0. The molecule has 0 aromatic rings. The predicted octanol–water partition coefficient (Wildman–Crippen LogP) is 3.31. The molecule has 96 valence electrons. The Morgan fingerprint density at radius 3 is 2.44 bits per heavy atom. The zero-order chi connectivity index (χ0) is 12.3. The van der Waals surface area contributed by atoms with E-state index in [1.807, 2.05) is 0 Å². The lowest BCUT2D eigenvalue weighted by atomic mass is 9.76. The molecule has 0 saturated carbocycles. The normalized spacial score (nSPS) is 31.7. The molecule has 1 fully saturated rings. The molecule has 0 aromatic heterocycles. The van der Waals surface area contributed by atoms with Crippen molar-refractivity contribution >= 4 is 0 Å². The van der Waals surface area contributed by atoms with E-state index in [9.17, 15) is 0 Å². The van der Waals surface area contributed by atoms with Crippen LogP contribution < -0.4 is 0 Å². The molecule has 0 radical (unpaired) electrons. The molecule has 2 heteroatoms. The van der Waals surface area contributed by atoms with Gasteiger partial charge in [-0.3, -0.25) is 4.90 Å². The van der Waals surface area contributed by atoms with E-state index in [-0.39, 0.29) is 0 Å². The van der Waals surface area contributed by atoms with Crippen LogP contribution in [-0.4, -0.2) is 36.7 Å². The number of hydrogen-bond donors (Lipinski definition) is 0.